The summed E-state index contributed by atoms with van der Waals surface area (Å²) in [6.45, 7) is 7.99. The Morgan fingerprint density at radius 2 is 1.80 bits per heavy atom. The Kier molecular flexibility index (Phi) is 7.70. The minimum atomic E-state index is -1.13. The molecule has 0 aromatic heterocycles. The molecule has 2 N–H and O–H groups in total. The van der Waals surface area contributed by atoms with E-state index >= 15 is 0 Å². The molecule has 1 aromatic carbocycles. The number of hydrogen-bond donors (Lipinski definition) is 2. The summed E-state index contributed by atoms with van der Waals surface area (Å²) < 4.78 is 6.50. The van der Waals surface area contributed by atoms with E-state index in [1.807, 2.05) is 12.2 Å². The van der Waals surface area contributed by atoms with Crippen LogP contribution < -0.4 is 10.6 Å². The van der Waals surface area contributed by atoms with Crippen molar-refractivity contribution in [3.8, 4) is 0 Å². The van der Waals surface area contributed by atoms with E-state index in [1.54, 1.807) is 29.2 Å². The first-order valence-corrected chi connectivity index (χ1v) is 15.4. The molecule has 5 aliphatic rings. The van der Waals surface area contributed by atoms with Gasteiger partial charge in [0, 0.05) is 23.3 Å². The number of benzene rings is 1. The van der Waals surface area contributed by atoms with Crippen LogP contribution in [0.4, 0.5) is 5.69 Å². The van der Waals surface area contributed by atoms with Crippen molar-refractivity contribution in [1.29, 1.82) is 0 Å². The van der Waals surface area contributed by atoms with E-state index in [4.69, 9.17) is 16.3 Å². The average Bonchev–Trinajstić information content (AvgIpc) is 3.71. The summed E-state index contributed by atoms with van der Waals surface area (Å²) in [6, 6.07) is 6.19. The van der Waals surface area contributed by atoms with E-state index in [9.17, 15) is 14.4 Å². The van der Waals surface area contributed by atoms with Gasteiger partial charge >= 0.3 is 0 Å². The Morgan fingerprint density at radius 3 is 2.55 bits per heavy atom. The maximum Gasteiger partial charge on any atom is 0.246 e. The normalized spacial score (nSPS) is 36.7. The van der Waals surface area contributed by atoms with Crippen LogP contribution in [0.5, 0.6) is 0 Å². The lowest BCUT2D eigenvalue weighted by atomic mass is 9.73. The molecule has 8 nitrogen and oxygen atoms in total. The zero-order chi connectivity index (χ0) is 28.0. The third kappa shape index (κ3) is 4.86. The highest BCUT2D eigenvalue weighted by molar-refractivity contribution is 6.30. The van der Waals surface area contributed by atoms with Crippen molar-refractivity contribution in [3.05, 3.63) is 41.4 Å². The Hall–Kier alpha value is -2.42. The number of nitrogens with one attached hydrogen (secondary N) is 2. The highest BCUT2D eigenvalue weighted by Crippen LogP contribution is 2.55. The number of anilines is 1. The van der Waals surface area contributed by atoms with Crippen molar-refractivity contribution in [1.82, 2.24) is 15.1 Å². The first-order chi connectivity index (χ1) is 19.3. The fourth-order valence-electron chi connectivity index (χ4n) is 7.78. The molecule has 4 heterocycles. The van der Waals surface area contributed by atoms with E-state index in [1.165, 1.54) is 19.3 Å². The van der Waals surface area contributed by atoms with E-state index in [0.717, 1.165) is 38.9 Å². The molecule has 1 saturated carbocycles. The van der Waals surface area contributed by atoms with Crippen molar-refractivity contribution < 1.29 is 19.1 Å². The number of rotatable bonds is 8. The second-order valence-corrected chi connectivity index (χ2v) is 13.0. The molecule has 6 rings (SSSR count). The number of carbonyl (C=O) groups excluding carboxylic acids is 3. The van der Waals surface area contributed by atoms with Gasteiger partial charge in [-0.1, -0.05) is 50.4 Å². The van der Waals surface area contributed by atoms with Crippen LogP contribution in [0, 0.1) is 23.7 Å². The smallest absolute Gasteiger partial charge is 0.246 e. The predicted octanol–water partition coefficient (Wildman–Crippen LogP) is 3.86. The molecular weight excluding hydrogens is 528 g/mol. The molecule has 1 aliphatic carbocycles. The van der Waals surface area contributed by atoms with Gasteiger partial charge in [0.2, 0.25) is 17.7 Å². The fourth-order valence-corrected chi connectivity index (χ4v) is 7.91. The number of halogens is 1. The number of likely N-dealkylation sites (tertiary alicyclic amines) is 2. The van der Waals surface area contributed by atoms with Crippen LogP contribution in [0.25, 0.3) is 0 Å². The molecule has 3 amide bonds. The SMILES string of the molecule is C[C@@H]1[C@H](C)CCC[C@@H]1NC(=O)[C@@H]1N(CCCN2CCCC2)C(=O)[C@H]2[C@H](C(=O)Nc3ccc(Cl)cc3)[C@H]3C=C[C@@]12O3. The Balaban J connectivity index is 1.25. The van der Waals surface area contributed by atoms with Crippen molar-refractivity contribution in [2.45, 2.75) is 76.2 Å². The molecule has 9 heteroatoms. The lowest BCUT2D eigenvalue weighted by Crippen LogP contribution is -2.58. The summed E-state index contributed by atoms with van der Waals surface area (Å²) in [6.07, 6.45) is 9.61. The summed E-state index contributed by atoms with van der Waals surface area (Å²) in [5, 5.41) is 6.86. The average molecular weight is 569 g/mol. The first kappa shape index (κ1) is 27.7. The van der Waals surface area contributed by atoms with Crippen molar-refractivity contribution in [2.24, 2.45) is 23.7 Å². The molecular formula is C31H41ClN4O4. The van der Waals surface area contributed by atoms with Gasteiger partial charge in [-0.15, -0.1) is 0 Å². The third-order valence-electron chi connectivity index (χ3n) is 10.1. The third-order valence-corrected chi connectivity index (χ3v) is 10.4. The van der Waals surface area contributed by atoms with Gasteiger partial charge < -0.3 is 25.2 Å². The molecule has 4 aliphatic heterocycles. The molecule has 0 radical (unpaired) electrons. The van der Waals surface area contributed by atoms with Crippen LogP contribution in [0.3, 0.4) is 0 Å². The summed E-state index contributed by atoms with van der Waals surface area (Å²) in [5.41, 5.74) is -0.525. The lowest BCUT2D eigenvalue weighted by molar-refractivity contribution is -0.141. The first-order valence-electron chi connectivity index (χ1n) is 15.1. The number of amides is 3. The second kappa shape index (κ2) is 11.1. The molecule has 3 saturated heterocycles. The van der Waals surface area contributed by atoms with Crippen LogP contribution in [-0.4, -0.2) is 77.5 Å². The minimum Gasteiger partial charge on any atom is -0.359 e. The molecule has 4 fully saturated rings. The van der Waals surface area contributed by atoms with E-state index in [-0.39, 0.29) is 23.8 Å². The molecule has 40 heavy (non-hydrogen) atoms. The maximum absolute atomic E-state index is 14.2. The molecule has 1 aromatic rings. The van der Waals surface area contributed by atoms with Crippen LogP contribution in [0.2, 0.25) is 5.02 Å². The van der Waals surface area contributed by atoms with Gasteiger partial charge in [0.1, 0.15) is 11.6 Å². The topological polar surface area (TPSA) is 91.0 Å². The largest absolute Gasteiger partial charge is 0.359 e. The standard InChI is InChI=1S/C31H41ClN4O4/c1-19-7-5-8-23(20(19)2)34-29(38)27-31-14-13-24(40-31)25(28(37)33-22-11-9-21(32)10-12-22)26(31)30(39)36(27)18-6-17-35-15-3-4-16-35/h9-14,19-20,23-27H,3-8,15-18H2,1-2H3,(H,33,37)(H,34,38)/t19-,20-,23+,24-,25-,26-,27+,31+/m1/s1. The zero-order valence-corrected chi connectivity index (χ0v) is 24.2. The lowest BCUT2D eigenvalue weighted by Gasteiger charge is -2.38. The van der Waals surface area contributed by atoms with E-state index in [2.05, 4.69) is 29.4 Å². The minimum absolute atomic E-state index is 0.0693. The zero-order valence-electron chi connectivity index (χ0n) is 23.5. The number of nitrogens with zero attached hydrogens (tertiary/aromatic N) is 2. The predicted molar refractivity (Wildman–Crippen MR) is 154 cm³/mol. The Morgan fingerprint density at radius 1 is 1.05 bits per heavy atom. The molecule has 0 unspecified atom stereocenters. The van der Waals surface area contributed by atoms with Gasteiger partial charge in [0.25, 0.3) is 0 Å². The van der Waals surface area contributed by atoms with Gasteiger partial charge in [0.05, 0.1) is 17.9 Å². The van der Waals surface area contributed by atoms with E-state index < -0.39 is 29.6 Å². The quantitative estimate of drug-likeness (QED) is 0.465. The van der Waals surface area contributed by atoms with Gasteiger partial charge in [-0.3, -0.25) is 14.4 Å². The fraction of sp³-hybridized carbons (Fsp3) is 0.645. The molecule has 1 spiro atoms. The maximum atomic E-state index is 14.2. The van der Waals surface area contributed by atoms with Crippen molar-refractivity contribution in [3.63, 3.8) is 0 Å². The molecule has 8 atom stereocenters. The van der Waals surface area contributed by atoms with Crippen LogP contribution in [-0.2, 0) is 19.1 Å². The van der Waals surface area contributed by atoms with Gasteiger partial charge in [-0.2, -0.15) is 0 Å². The number of carbonyl (C=O) groups is 3. The number of ether oxygens (including phenoxy) is 1. The Labute approximate surface area is 241 Å². The van der Waals surface area contributed by atoms with Crippen LogP contribution >= 0.6 is 11.6 Å². The van der Waals surface area contributed by atoms with Crippen molar-refractivity contribution >= 4 is 35.0 Å². The van der Waals surface area contributed by atoms with E-state index in [0.29, 0.717) is 29.1 Å². The molecule has 2 bridgehead atoms. The summed E-state index contributed by atoms with van der Waals surface area (Å²) in [5.74, 6) is -1.14. The van der Waals surface area contributed by atoms with Gasteiger partial charge in [-0.25, -0.2) is 0 Å². The number of fused-ring (bicyclic) bond motifs is 1. The van der Waals surface area contributed by atoms with Crippen LogP contribution in [0.15, 0.2) is 36.4 Å². The Bertz CT molecular complexity index is 1170. The summed E-state index contributed by atoms with van der Waals surface area (Å²) in [4.78, 5) is 46.0. The summed E-state index contributed by atoms with van der Waals surface area (Å²) in [7, 11) is 0. The highest BCUT2D eigenvalue weighted by atomic mass is 35.5. The van der Waals surface area contributed by atoms with Crippen LogP contribution in [0.1, 0.15) is 52.4 Å². The molecule has 216 valence electrons. The number of hydrogen-bond acceptors (Lipinski definition) is 5. The summed E-state index contributed by atoms with van der Waals surface area (Å²) >= 11 is 6.02. The van der Waals surface area contributed by atoms with Gasteiger partial charge in [-0.05, 0) is 81.4 Å². The highest BCUT2D eigenvalue weighted by Gasteiger charge is 2.72. The van der Waals surface area contributed by atoms with Crippen molar-refractivity contribution in [2.75, 3.05) is 31.5 Å². The van der Waals surface area contributed by atoms with Gasteiger partial charge in [0.15, 0.2) is 0 Å². The second-order valence-electron chi connectivity index (χ2n) is 12.5. The monoisotopic (exact) mass is 568 g/mol.